The van der Waals surface area contributed by atoms with Crippen molar-refractivity contribution in [2.24, 2.45) is 0 Å². The van der Waals surface area contributed by atoms with E-state index < -0.39 is 11.7 Å². The van der Waals surface area contributed by atoms with Gasteiger partial charge in [0.25, 0.3) is 5.91 Å². The molecule has 0 bridgehead atoms. The maximum absolute atomic E-state index is 13.2. The molecule has 0 radical (unpaired) electrons. The van der Waals surface area contributed by atoms with Gasteiger partial charge in [-0.25, -0.2) is 4.39 Å². The number of hydrogen-bond donors (Lipinski definition) is 2. The van der Waals surface area contributed by atoms with Crippen molar-refractivity contribution < 1.29 is 14.3 Å². The van der Waals surface area contributed by atoms with Gasteiger partial charge in [-0.2, -0.15) is 0 Å². The lowest BCUT2D eigenvalue weighted by molar-refractivity contribution is 0.0951. The van der Waals surface area contributed by atoms with E-state index in [0.717, 1.165) is 6.07 Å². The van der Waals surface area contributed by atoms with Crippen LogP contribution in [0.5, 0.6) is 5.75 Å². The average Bonchev–Trinajstić information content (AvgIpc) is 2.11. The van der Waals surface area contributed by atoms with Crippen molar-refractivity contribution in [3.05, 3.63) is 29.1 Å². The number of carbonyl (C=O) groups is 1. The van der Waals surface area contributed by atoms with Crippen LogP contribution in [0.25, 0.3) is 0 Å². The predicted molar refractivity (Wildman–Crippen MR) is 50.8 cm³/mol. The fraction of sp³-hybridized carbons (Fsp3) is 0.300. The number of amides is 1. The normalized spacial score (nSPS) is 9.93. The minimum absolute atomic E-state index is 0.0397. The third-order valence-corrected chi connectivity index (χ3v) is 1.87. The van der Waals surface area contributed by atoms with Crippen LogP contribution in [-0.2, 0) is 0 Å². The minimum atomic E-state index is -0.709. The van der Waals surface area contributed by atoms with Gasteiger partial charge in [-0.15, -0.1) is 0 Å². The summed E-state index contributed by atoms with van der Waals surface area (Å²) in [6.07, 6.45) is 0. The van der Waals surface area contributed by atoms with Crippen molar-refractivity contribution in [2.45, 2.75) is 13.8 Å². The Labute approximate surface area is 81.6 Å². The molecule has 0 aromatic heterocycles. The molecule has 0 saturated heterocycles. The van der Waals surface area contributed by atoms with Gasteiger partial charge < -0.3 is 10.4 Å². The third-order valence-electron chi connectivity index (χ3n) is 1.87. The van der Waals surface area contributed by atoms with E-state index in [1.54, 1.807) is 13.8 Å². The largest absolute Gasteiger partial charge is 0.508 e. The highest BCUT2D eigenvalue weighted by Crippen LogP contribution is 2.20. The second kappa shape index (κ2) is 4.09. The summed E-state index contributed by atoms with van der Waals surface area (Å²) in [5, 5.41) is 11.7. The van der Waals surface area contributed by atoms with E-state index in [1.165, 1.54) is 6.07 Å². The van der Waals surface area contributed by atoms with Crippen LogP contribution < -0.4 is 5.32 Å². The van der Waals surface area contributed by atoms with Gasteiger partial charge in [0.1, 0.15) is 11.6 Å². The first kappa shape index (κ1) is 10.5. The Kier molecular flexibility index (Phi) is 3.06. The smallest absolute Gasteiger partial charge is 0.254 e. The fourth-order valence-electron chi connectivity index (χ4n) is 1.10. The highest BCUT2D eigenvalue weighted by atomic mass is 19.1. The van der Waals surface area contributed by atoms with Crippen molar-refractivity contribution in [3.63, 3.8) is 0 Å². The lowest BCUT2D eigenvalue weighted by Crippen LogP contribution is -2.23. The Morgan fingerprint density at radius 3 is 2.79 bits per heavy atom. The van der Waals surface area contributed by atoms with Crippen LogP contribution in [0.15, 0.2) is 12.1 Å². The number of aryl methyl sites for hydroxylation is 1. The maximum atomic E-state index is 13.2. The summed E-state index contributed by atoms with van der Waals surface area (Å²) in [6, 6.07) is 2.27. The van der Waals surface area contributed by atoms with E-state index in [1.807, 2.05) is 0 Å². The summed E-state index contributed by atoms with van der Waals surface area (Å²) < 4.78 is 13.2. The monoisotopic (exact) mass is 197 g/mol. The lowest BCUT2D eigenvalue weighted by atomic mass is 10.1. The highest BCUT2D eigenvalue weighted by Gasteiger charge is 2.12. The molecule has 1 amide bonds. The summed E-state index contributed by atoms with van der Waals surface area (Å²) in [4.78, 5) is 11.3. The van der Waals surface area contributed by atoms with Crippen LogP contribution in [0.1, 0.15) is 22.8 Å². The minimum Gasteiger partial charge on any atom is -0.508 e. The van der Waals surface area contributed by atoms with Crippen LogP contribution >= 0.6 is 0 Å². The maximum Gasteiger partial charge on any atom is 0.254 e. The molecule has 4 heteroatoms. The molecule has 3 nitrogen and oxygen atoms in total. The predicted octanol–water partition coefficient (Wildman–Crippen LogP) is 1.59. The number of aromatic hydroxyl groups is 1. The molecule has 76 valence electrons. The first-order valence-corrected chi connectivity index (χ1v) is 4.33. The molecule has 1 rings (SSSR count). The molecule has 0 aliphatic heterocycles. The van der Waals surface area contributed by atoms with E-state index in [0.29, 0.717) is 12.1 Å². The SMILES string of the molecule is CCNC(=O)c1cc(C)c(O)cc1F. The van der Waals surface area contributed by atoms with E-state index in [4.69, 9.17) is 5.11 Å². The first-order chi connectivity index (χ1) is 6.56. The van der Waals surface area contributed by atoms with Crippen LogP contribution in [0.4, 0.5) is 4.39 Å². The molecule has 0 unspecified atom stereocenters. The Bertz CT molecular complexity index is 363. The second-order valence-electron chi connectivity index (χ2n) is 2.98. The third kappa shape index (κ3) is 2.02. The quantitative estimate of drug-likeness (QED) is 0.756. The summed E-state index contributed by atoms with van der Waals surface area (Å²) in [6.45, 7) is 3.80. The van der Waals surface area contributed by atoms with Crippen molar-refractivity contribution in [1.82, 2.24) is 5.32 Å². The highest BCUT2D eigenvalue weighted by molar-refractivity contribution is 5.94. The topological polar surface area (TPSA) is 49.3 Å². The second-order valence-corrected chi connectivity index (χ2v) is 2.98. The van der Waals surface area contributed by atoms with Gasteiger partial charge in [-0.1, -0.05) is 0 Å². The zero-order valence-corrected chi connectivity index (χ0v) is 8.10. The van der Waals surface area contributed by atoms with E-state index in [9.17, 15) is 9.18 Å². The summed E-state index contributed by atoms with van der Waals surface area (Å²) in [5.74, 6) is -1.32. The summed E-state index contributed by atoms with van der Waals surface area (Å²) >= 11 is 0. The number of halogens is 1. The van der Waals surface area contributed by atoms with E-state index >= 15 is 0 Å². The zero-order chi connectivity index (χ0) is 10.7. The van der Waals surface area contributed by atoms with Gasteiger partial charge in [0.2, 0.25) is 0 Å². The van der Waals surface area contributed by atoms with Crippen LogP contribution in [0, 0.1) is 12.7 Å². The molecular weight excluding hydrogens is 185 g/mol. The van der Waals surface area contributed by atoms with Crippen molar-refractivity contribution >= 4 is 5.91 Å². The van der Waals surface area contributed by atoms with E-state index in [2.05, 4.69) is 5.32 Å². The van der Waals surface area contributed by atoms with Crippen molar-refractivity contribution in [3.8, 4) is 5.75 Å². The molecule has 0 heterocycles. The Morgan fingerprint density at radius 1 is 1.57 bits per heavy atom. The number of carbonyl (C=O) groups excluding carboxylic acids is 1. The van der Waals surface area contributed by atoms with Gasteiger partial charge in [0, 0.05) is 12.6 Å². The zero-order valence-electron chi connectivity index (χ0n) is 8.10. The van der Waals surface area contributed by atoms with Gasteiger partial charge >= 0.3 is 0 Å². The summed E-state index contributed by atoms with van der Waals surface area (Å²) in [7, 11) is 0. The van der Waals surface area contributed by atoms with Crippen LogP contribution in [0.3, 0.4) is 0 Å². The Morgan fingerprint density at radius 2 is 2.21 bits per heavy atom. The molecule has 0 spiro atoms. The van der Waals surface area contributed by atoms with Gasteiger partial charge in [0.05, 0.1) is 5.56 Å². The lowest BCUT2D eigenvalue weighted by Gasteiger charge is -2.05. The molecule has 14 heavy (non-hydrogen) atoms. The standard InChI is InChI=1S/C10H12FNO2/c1-3-12-10(14)7-4-6(2)9(13)5-8(7)11/h4-5,13H,3H2,1-2H3,(H,12,14). The molecule has 1 aromatic rings. The average molecular weight is 197 g/mol. The van der Waals surface area contributed by atoms with Gasteiger partial charge in [-0.3, -0.25) is 4.79 Å². The number of rotatable bonds is 2. The van der Waals surface area contributed by atoms with Crippen LogP contribution in [0.2, 0.25) is 0 Å². The summed E-state index contributed by atoms with van der Waals surface area (Å²) in [5.41, 5.74) is 0.440. The molecule has 0 atom stereocenters. The molecule has 0 saturated carbocycles. The van der Waals surface area contributed by atoms with Gasteiger partial charge in [-0.05, 0) is 25.5 Å². The van der Waals surface area contributed by atoms with Crippen LogP contribution in [-0.4, -0.2) is 17.6 Å². The Balaban J connectivity index is 3.09. The number of benzene rings is 1. The molecule has 2 N–H and O–H groups in total. The number of phenols is 1. The first-order valence-electron chi connectivity index (χ1n) is 4.33. The molecule has 0 fully saturated rings. The number of hydrogen-bond acceptors (Lipinski definition) is 2. The molecule has 1 aromatic carbocycles. The molecular formula is C10H12FNO2. The molecule has 0 aliphatic carbocycles. The number of phenolic OH excluding ortho intramolecular Hbond substituents is 1. The fourth-order valence-corrected chi connectivity index (χ4v) is 1.10. The molecule has 0 aliphatic rings. The number of nitrogens with one attached hydrogen (secondary N) is 1. The van der Waals surface area contributed by atoms with E-state index in [-0.39, 0.29) is 11.3 Å². The van der Waals surface area contributed by atoms with Crippen molar-refractivity contribution in [1.29, 1.82) is 0 Å². The Hall–Kier alpha value is -1.58. The van der Waals surface area contributed by atoms with Crippen molar-refractivity contribution in [2.75, 3.05) is 6.54 Å². The van der Waals surface area contributed by atoms with Gasteiger partial charge in [0.15, 0.2) is 0 Å².